The molecule has 0 aromatic heterocycles. The summed E-state index contributed by atoms with van der Waals surface area (Å²) < 4.78 is 5.02. The standard InChI is InChI=1S/C12H26N2O2/c1-6-14(10-8-9-13(4)5)11(3)12(15)16-7-2/h11H,6-10H2,1-5H3. The van der Waals surface area contributed by atoms with Crippen molar-refractivity contribution >= 4 is 5.97 Å². The fraction of sp³-hybridized carbons (Fsp3) is 0.917. The van der Waals surface area contributed by atoms with Gasteiger partial charge in [-0.1, -0.05) is 6.92 Å². The molecule has 0 N–H and O–H groups in total. The maximum Gasteiger partial charge on any atom is 0.323 e. The predicted molar refractivity (Wildman–Crippen MR) is 66.5 cm³/mol. The smallest absolute Gasteiger partial charge is 0.323 e. The van der Waals surface area contributed by atoms with Crippen LogP contribution in [-0.2, 0) is 9.53 Å². The van der Waals surface area contributed by atoms with Crippen molar-refractivity contribution in [1.29, 1.82) is 0 Å². The lowest BCUT2D eigenvalue weighted by Gasteiger charge is -2.26. The number of carbonyl (C=O) groups excluding carboxylic acids is 1. The highest BCUT2D eigenvalue weighted by molar-refractivity contribution is 5.75. The van der Waals surface area contributed by atoms with Crippen molar-refractivity contribution in [3.8, 4) is 0 Å². The first-order valence-electron chi connectivity index (χ1n) is 6.08. The summed E-state index contributed by atoms with van der Waals surface area (Å²) in [6.45, 7) is 9.15. The molecule has 0 spiro atoms. The van der Waals surface area contributed by atoms with Crippen LogP contribution in [-0.4, -0.2) is 62.1 Å². The molecule has 0 aromatic rings. The van der Waals surface area contributed by atoms with Gasteiger partial charge in [0.2, 0.25) is 0 Å². The summed E-state index contributed by atoms with van der Waals surface area (Å²) in [5, 5.41) is 0. The van der Waals surface area contributed by atoms with Crippen molar-refractivity contribution in [1.82, 2.24) is 9.80 Å². The van der Waals surface area contributed by atoms with Gasteiger partial charge in [-0.05, 0) is 47.5 Å². The molecule has 0 radical (unpaired) electrons. The maximum absolute atomic E-state index is 11.6. The molecule has 0 aliphatic heterocycles. The molecule has 0 aliphatic carbocycles. The molecule has 0 saturated carbocycles. The Labute approximate surface area is 99.5 Å². The van der Waals surface area contributed by atoms with Gasteiger partial charge in [0, 0.05) is 6.54 Å². The first-order valence-corrected chi connectivity index (χ1v) is 6.08. The molecule has 0 rings (SSSR count). The summed E-state index contributed by atoms with van der Waals surface area (Å²) in [6, 6.07) is -0.132. The van der Waals surface area contributed by atoms with E-state index in [1.165, 1.54) is 0 Å². The van der Waals surface area contributed by atoms with Gasteiger partial charge in [0.25, 0.3) is 0 Å². The second kappa shape index (κ2) is 8.53. The number of hydrogen-bond acceptors (Lipinski definition) is 4. The lowest BCUT2D eigenvalue weighted by Crippen LogP contribution is -2.41. The largest absolute Gasteiger partial charge is 0.465 e. The van der Waals surface area contributed by atoms with Crippen LogP contribution in [0.1, 0.15) is 27.2 Å². The highest BCUT2D eigenvalue weighted by Crippen LogP contribution is 2.03. The van der Waals surface area contributed by atoms with E-state index in [2.05, 4.69) is 30.8 Å². The molecule has 0 aromatic carbocycles. The Kier molecular flexibility index (Phi) is 8.21. The molecule has 0 saturated heterocycles. The van der Waals surface area contributed by atoms with Crippen LogP contribution in [0.3, 0.4) is 0 Å². The first-order chi connectivity index (χ1) is 7.52. The average Bonchev–Trinajstić information content (AvgIpc) is 2.23. The van der Waals surface area contributed by atoms with Crippen LogP contribution in [0.15, 0.2) is 0 Å². The zero-order valence-electron chi connectivity index (χ0n) is 11.3. The van der Waals surface area contributed by atoms with Crippen LogP contribution in [0.2, 0.25) is 0 Å². The van der Waals surface area contributed by atoms with Gasteiger partial charge < -0.3 is 9.64 Å². The lowest BCUT2D eigenvalue weighted by atomic mass is 10.2. The van der Waals surface area contributed by atoms with Crippen molar-refractivity contribution in [3.63, 3.8) is 0 Å². The summed E-state index contributed by atoms with van der Waals surface area (Å²) in [5.41, 5.74) is 0. The Balaban J connectivity index is 4.00. The van der Waals surface area contributed by atoms with Crippen LogP contribution < -0.4 is 0 Å². The number of nitrogens with zero attached hydrogens (tertiary/aromatic N) is 2. The topological polar surface area (TPSA) is 32.8 Å². The fourth-order valence-electron chi connectivity index (χ4n) is 1.63. The zero-order chi connectivity index (χ0) is 12.6. The van der Waals surface area contributed by atoms with E-state index in [0.29, 0.717) is 6.61 Å². The molecular weight excluding hydrogens is 204 g/mol. The molecule has 96 valence electrons. The van der Waals surface area contributed by atoms with E-state index in [-0.39, 0.29) is 12.0 Å². The minimum absolute atomic E-state index is 0.116. The van der Waals surface area contributed by atoms with Crippen molar-refractivity contribution in [2.75, 3.05) is 40.3 Å². The van der Waals surface area contributed by atoms with E-state index >= 15 is 0 Å². The normalized spacial score (nSPS) is 13.2. The van der Waals surface area contributed by atoms with Gasteiger partial charge in [-0.25, -0.2) is 0 Å². The summed E-state index contributed by atoms with van der Waals surface area (Å²) in [6.07, 6.45) is 1.07. The second-order valence-corrected chi connectivity index (χ2v) is 4.21. The highest BCUT2D eigenvalue weighted by atomic mass is 16.5. The average molecular weight is 230 g/mol. The number of esters is 1. The summed E-state index contributed by atoms with van der Waals surface area (Å²) >= 11 is 0. The summed E-state index contributed by atoms with van der Waals surface area (Å²) in [4.78, 5) is 15.9. The molecule has 0 bridgehead atoms. The summed E-state index contributed by atoms with van der Waals surface area (Å²) in [7, 11) is 4.12. The highest BCUT2D eigenvalue weighted by Gasteiger charge is 2.20. The third-order valence-corrected chi connectivity index (χ3v) is 2.63. The van der Waals surface area contributed by atoms with E-state index in [9.17, 15) is 4.79 Å². The van der Waals surface area contributed by atoms with E-state index in [4.69, 9.17) is 4.74 Å². The number of likely N-dealkylation sites (N-methyl/N-ethyl adjacent to an activating group) is 1. The zero-order valence-corrected chi connectivity index (χ0v) is 11.3. The van der Waals surface area contributed by atoms with Crippen molar-refractivity contribution in [2.24, 2.45) is 0 Å². The van der Waals surface area contributed by atoms with Gasteiger partial charge in [-0.3, -0.25) is 9.69 Å². The van der Waals surface area contributed by atoms with Crippen molar-refractivity contribution < 1.29 is 9.53 Å². The number of rotatable bonds is 8. The molecular formula is C12H26N2O2. The predicted octanol–water partition coefficient (Wildman–Crippen LogP) is 1.21. The molecule has 1 atom stereocenters. The van der Waals surface area contributed by atoms with Gasteiger partial charge in [-0.15, -0.1) is 0 Å². The Morgan fingerprint density at radius 2 is 1.88 bits per heavy atom. The molecule has 16 heavy (non-hydrogen) atoms. The maximum atomic E-state index is 11.6. The van der Waals surface area contributed by atoms with Gasteiger partial charge in [0.05, 0.1) is 6.61 Å². The van der Waals surface area contributed by atoms with E-state index < -0.39 is 0 Å². The van der Waals surface area contributed by atoms with E-state index in [1.54, 1.807) is 0 Å². The second-order valence-electron chi connectivity index (χ2n) is 4.21. The molecule has 0 fully saturated rings. The molecule has 0 heterocycles. The minimum atomic E-state index is -0.132. The van der Waals surface area contributed by atoms with E-state index in [0.717, 1.165) is 26.1 Å². The van der Waals surface area contributed by atoms with Gasteiger partial charge >= 0.3 is 5.97 Å². The van der Waals surface area contributed by atoms with Gasteiger partial charge in [0.1, 0.15) is 6.04 Å². The van der Waals surface area contributed by atoms with Crippen LogP contribution in [0, 0.1) is 0 Å². The Morgan fingerprint density at radius 1 is 1.25 bits per heavy atom. The Bertz CT molecular complexity index is 195. The lowest BCUT2D eigenvalue weighted by molar-refractivity contribution is -0.148. The molecule has 0 aliphatic rings. The van der Waals surface area contributed by atoms with Gasteiger partial charge in [0.15, 0.2) is 0 Å². The van der Waals surface area contributed by atoms with Crippen LogP contribution >= 0.6 is 0 Å². The van der Waals surface area contributed by atoms with Crippen molar-refractivity contribution in [3.05, 3.63) is 0 Å². The number of carbonyl (C=O) groups is 1. The molecule has 4 heteroatoms. The molecule has 4 nitrogen and oxygen atoms in total. The number of ether oxygens (including phenoxy) is 1. The van der Waals surface area contributed by atoms with Crippen LogP contribution in [0.5, 0.6) is 0 Å². The third kappa shape index (κ3) is 6.08. The fourth-order valence-corrected chi connectivity index (χ4v) is 1.63. The Hall–Kier alpha value is -0.610. The summed E-state index contributed by atoms with van der Waals surface area (Å²) in [5.74, 6) is -0.116. The van der Waals surface area contributed by atoms with Gasteiger partial charge in [-0.2, -0.15) is 0 Å². The Morgan fingerprint density at radius 3 is 2.31 bits per heavy atom. The molecule has 1 unspecified atom stereocenters. The van der Waals surface area contributed by atoms with E-state index in [1.807, 2.05) is 13.8 Å². The molecule has 0 amide bonds. The van der Waals surface area contributed by atoms with Crippen LogP contribution in [0.25, 0.3) is 0 Å². The number of hydrogen-bond donors (Lipinski definition) is 0. The van der Waals surface area contributed by atoms with Crippen LogP contribution in [0.4, 0.5) is 0 Å². The SMILES string of the molecule is CCOC(=O)C(C)N(CC)CCCN(C)C. The monoisotopic (exact) mass is 230 g/mol. The quantitative estimate of drug-likeness (QED) is 0.587. The van der Waals surface area contributed by atoms with Crippen molar-refractivity contribution in [2.45, 2.75) is 33.2 Å². The third-order valence-electron chi connectivity index (χ3n) is 2.63. The first kappa shape index (κ1) is 15.4. The minimum Gasteiger partial charge on any atom is -0.465 e.